The molecule has 0 radical (unpaired) electrons. The molecule has 0 spiro atoms. The molecule has 0 saturated carbocycles. The Morgan fingerprint density at radius 3 is 2.23 bits per heavy atom. The first-order valence-electron chi connectivity index (χ1n) is 11.7. The molecule has 1 aliphatic heterocycles. The number of hydrogen-bond donors (Lipinski definition) is 1. The lowest BCUT2D eigenvalue weighted by Gasteiger charge is -2.30. The summed E-state index contributed by atoms with van der Waals surface area (Å²) in [4.78, 5) is 19.1. The summed E-state index contributed by atoms with van der Waals surface area (Å²) in [5.41, 5.74) is 2.58. The number of aromatic carboxylic acids is 1. The molecular weight excluding hydrogens is 508 g/mol. The van der Waals surface area contributed by atoms with Crippen molar-refractivity contribution in [1.82, 2.24) is 4.90 Å². The highest BCUT2D eigenvalue weighted by Crippen LogP contribution is 2.24. The minimum absolute atomic E-state index is 0.0736. The van der Waals surface area contributed by atoms with Crippen LogP contribution in [0.1, 0.15) is 47.4 Å². The summed E-state index contributed by atoms with van der Waals surface area (Å²) in [6.07, 6.45) is 4.01. The fraction of sp³-hybridized carbons (Fsp3) is 0.286. The van der Waals surface area contributed by atoms with E-state index in [1.54, 1.807) is 12.1 Å². The van der Waals surface area contributed by atoms with Crippen molar-refractivity contribution in [3.8, 4) is 11.5 Å². The zero-order valence-corrected chi connectivity index (χ0v) is 21.2. The Balaban J connectivity index is 1.19. The van der Waals surface area contributed by atoms with Gasteiger partial charge in [0.05, 0.1) is 5.56 Å². The van der Waals surface area contributed by atoms with Crippen molar-refractivity contribution in [2.24, 2.45) is 11.1 Å². The van der Waals surface area contributed by atoms with Gasteiger partial charge in [-0.1, -0.05) is 45.4 Å². The highest BCUT2D eigenvalue weighted by molar-refractivity contribution is 9.10. The van der Waals surface area contributed by atoms with Gasteiger partial charge in [0.2, 0.25) is 0 Å². The molecule has 7 heteroatoms. The Hall–Kier alpha value is -3.16. The molecule has 35 heavy (non-hydrogen) atoms. The van der Waals surface area contributed by atoms with Crippen LogP contribution >= 0.6 is 15.9 Å². The number of carboxylic acid groups (broad SMARTS) is 1. The average Bonchev–Trinajstić information content (AvgIpc) is 2.87. The largest absolute Gasteiger partial charge is 0.478 e. The number of halogens is 1. The van der Waals surface area contributed by atoms with Gasteiger partial charge in [0.15, 0.2) is 0 Å². The summed E-state index contributed by atoms with van der Waals surface area (Å²) in [7, 11) is 0. The van der Waals surface area contributed by atoms with Crippen LogP contribution in [-0.4, -0.2) is 35.3 Å². The van der Waals surface area contributed by atoms with E-state index in [2.05, 4.69) is 38.1 Å². The zero-order chi connectivity index (χ0) is 24.6. The van der Waals surface area contributed by atoms with E-state index in [1.165, 1.54) is 17.7 Å². The Morgan fingerprint density at radius 2 is 1.63 bits per heavy atom. The summed E-state index contributed by atoms with van der Waals surface area (Å²) in [5, 5.41) is 13.3. The van der Waals surface area contributed by atoms with Gasteiger partial charge < -0.3 is 14.7 Å². The summed E-state index contributed by atoms with van der Waals surface area (Å²) >= 11 is 3.45. The third-order valence-corrected chi connectivity index (χ3v) is 6.66. The van der Waals surface area contributed by atoms with Crippen LogP contribution in [0.25, 0.3) is 0 Å². The minimum atomic E-state index is -0.947. The molecule has 0 aliphatic carbocycles. The van der Waals surface area contributed by atoms with Crippen LogP contribution in [0, 0.1) is 5.92 Å². The van der Waals surface area contributed by atoms with Crippen LogP contribution in [0.5, 0.6) is 11.5 Å². The standard InChI is InChI=1S/C28H29BrN2O4/c1-20(23-4-8-25(29)9-5-23)35-30-18-21-14-16-31(17-15-21)19-22-2-10-26(11-3-22)34-27-12-6-24(7-13-27)28(32)33/h2-13,18,20-21H,14-17,19H2,1H3,(H,32,33)/b30-18+. The Morgan fingerprint density at radius 1 is 1.03 bits per heavy atom. The van der Waals surface area contributed by atoms with Crippen molar-refractivity contribution in [3.63, 3.8) is 0 Å². The Kier molecular flexibility index (Phi) is 8.55. The molecule has 1 N–H and O–H groups in total. The number of benzene rings is 3. The van der Waals surface area contributed by atoms with Crippen LogP contribution in [0.4, 0.5) is 0 Å². The second-order valence-corrected chi connectivity index (χ2v) is 9.66. The topological polar surface area (TPSA) is 71.4 Å². The number of nitrogens with zero attached hydrogens (tertiary/aromatic N) is 2. The van der Waals surface area contributed by atoms with E-state index in [4.69, 9.17) is 14.7 Å². The van der Waals surface area contributed by atoms with Crippen LogP contribution in [0.3, 0.4) is 0 Å². The maximum atomic E-state index is 11.0. The van der Waals surface area contributed by atoms with Gasteiger partial charge in [-0.05, 0) is 98.4 Å². The van der Waals surface area contributed by atoms with Crippen LogP contribution in [-0.2, 0) is 11.4 Å². The molecule has 0 amide bonds. The molecule has 1 unspecified atom stereocenters. The minimum Gasteiger partial charge on any atom is -0.478 e. The van der Waals surface area contributed by atoms with Crippen molar-refractivity contribution < 1.29 is 19.5 Å². The molecule has 1 aliphatic rings. The van der Waals surface area contributed by atoms with Gasteiger partial charge in [0.25, 0.3) is 0 Å². The molecule has 1 atom stereocenters. The molecule has 6 nitrogen and oxygen atoms in total. The molecular formula is C28H29BrN2O4. The quantitative estimate of drug-likeness (QED) is 0.237. The molecule has 182 valence electrons. The average molecular weight is 537 g/mol. The van der Waals surface area contributed by atoms with Gasteiger partial charge in [0.1, 0.15) is 17.6 Å². The lowest BCUT2D eigenvalue weighted by molar-refractivity contribution is 0.0696. The molecule has 0 bridgehead atoms. The van der Waals surface area contributed by atoms with Gasteiger partial charge >= 0.3 is 5.97 Å². The lowest BCUT2D eigenvalue weighted by atomic mass is 9.98. The fourth-order valence-electron chi connectivity index (χ4n) is 3.99. The van der Waals surface area contributed by atoms with Crippen molar-refractivity contribution in [1.29, 1.82) is 0 Å². The molecule has 1 saturated heterocycles. The van der Waals surface area contributed by atoms with Gasteiger partial charge in [-0.2, -0.15) is 0 Å². The van der Waals surface area contributed by atoms with Crippen LogP contribution in [0.15, 0.2) is 82.4 Å². The number of ether oxygens (including phenoxy) is 1. The Labute approximate surface area is 214 Å². The first-order valence-corrected chi connectivity index (χ1v) is 12.5. The van der Waals surface area contributed by atoms with Crippen molar-refractivity contribution >= 4 is 28.1 Å². The third kappa shape index (κ3) is 7.41. The van der Waals surface area contributed by atoms with E-state index in [9.17, 15) is 4.79 Å². The summed E-state index contributed by atoms with van der Waals surface area (Å²) in [6, 6.07) is 22.6. The predicted molar refractivity (Wildman–Crippen MR) is 140 cm³/mol. The Bertz CT molecular complexity index is 1120. The second-order valence-electron chi connectivity index (χ2n) is 8.74. The normalized spacial score (nSPS) is 15.7. The van der Waals surface area contributed by atoms with Crippen LogP contribution in [0.2, 0.25) is 0 Å². The second kappa shape index (κ2) is 12.0. The maximum Gasteiger partial charge on any atom is 0.335 e. The number of piperidine rings is 1. The predicted octanol–water partition coefficient (Wildman–Crippen LogP) is 6.92. The summed E-state index contributed by atoms with van der Waals surface area (Å²) < 4.78 is 6.88. The molecule has 1 fully saturated rings. The molecule has 1 heterocycles. The van der Waals surface area contributed by atoms with E-state index in [0.717, 1.165) is 48.3 Å². The van der Waals surface area contributed by atoms with E-state index in [1.807, 2.05) is 49.5 Å². The SMILES string of the molecule is CC(O/N=C/C1CCN(Cc2ccc(Oc3ccc(C(=O)O)cc3)cc2)CC1)c1ccc(Br)cc1. The van der Waals surface area contributed by atoms with E-state index >= 15 is 0 Å². The lowest BCUT2D eigenvalue weighted by Crippen LogP contribution is -2.33. The van der Waals surface area contributed by atoms with Crippen molar-refractivity contribution in [2.75, 3.05) is 13.1 Å². The summed E-state index contributed by atoms with van der Waals surface area (Å²) in [5.74, 6) is 0.828. The van der Waals surface area contributed by atoms with Crippen molar-refractivity contribution in [2.45, 2.75) is 32.4 Å². The molecule has 4 rings (SSSR count). The van der Waals surface area contributed by atoms with Crippen molar-refractivity contribution in [3.05, 3.63) is 94.0 Å². The molecule has 3 aromatic rings. The maximum absolute atomic E-state index is 11.0. The van der Waals surface area contributed by atoms with Gasteiger partial charge in [-0.25, -0.2) is 4.79 Å². The van der Waals surface area contributed by atoms with E-state index in [-0.39, 0.29) is 11.7 Å². The first-order chi connectivity index (χ1) is 17.0. The van der Waals surface area contributed by atoms with Gasteiger partial charge in [0, 0.05) is 17.2 Å². The molecule has 3 aromatic carbocycles. The van der Waals surface area contributed by atoms with Gasteiger partial charge in [-0.15, -0.1) is 0 Å². The zero-order valence-electron chi connectivity index (χ0n) is 19.6. The smallest absolute Gasteiger partial charge is 0.335 e. The van der Waals surface area contributed by atoms with Crippen LogP contribution < -0.4 is 4.74 Å². The number of carbonyl (C=O) groups is 1. The summed E-state index contributed by atoms with van der Waals surface area (Å²) in [6.45, 7) is 4.95. The van der Waals surface area contributed by atoms with E-state index < -0.39 is 5.97 Å². The molecule has 0 aromatic heterocycles. The number of rotatable bonds is 9. The number of carboxylic acids is 1. The van der Waals surface area contributed by atoms with E-state index in [0.29, 0.717) is 11.7 Å². The highest BCUT2D eigenvalue weighted by atomic mass is 79.9. The first kappa shape index (κ1) is 24.9. The van der Waals surface area contributed by atoms with Gasteiger partial charge in [-0.3, -0.25) is 4.90 Å². The fourth-order valence-corrected chi connectivity index (χ4v) is 4.25. The number of oxime groups is 1. The number of hydrogen-bond acceptors (Lipinski definition) is 5. The number of likely N-dealkylation sites (tertiary alicyclic amines) is 1. The highest BCUT2D eigenvalue weighted by Gasteiger charge is 2.18. The monoisotopic (exact) mass is 536 g/mol. The third-order valence-electron chi connectivity index (χ3n) is 6.13.